The molecule has 0 aromatic carbocycles. The molecule has 2 heterocycles. The number of ether oxygens (including phenoxy) is 1. The number of hydrogen-bond donors (Lipinski definition) is 2. The van der Waals surface area contributed by atoms with E-state index < -0.39 is 11.6 Å². The number of carboxylic acid groups (broad SMARTS) is 1. The van der Waals surface area contributed by atoms with E-state index in [1.165, 1.54) is 0 Å². The highest BCUT2D eigenvalue weighted by atomic mass is 16.5. The number of nitrogens with zero attached hydrogens (tertiary/aromatic N) is 1. The minimum Gasteiger partial charge on any atom is -0.480 e. The fourth-order valence-electron chi connectivity index (χ4n) is 2.32. The fourth-order valence-corrected chi connectivity index (χ4v) is 2.32. The Bertz CT molecular complexity index is 493. The molecule has 1 fully saturated rings. The Balaban J connectivity index is 1.72. The van der Waals surface area contributed by atoms with Gasteiger partial charge in [-0.2, -0.15) is 0 Å². The Kier molecular flexibility index (Phi) is 4.52. The Morgan fingerprint density at radius 3 is 2.86 bits per heavy atom. The Morgan fingerprint density at radius 1 is 1.57 bits per heavy atom. The van der Waals surface area contributed by atoms with Crippen LogP contribution in [0, 0.1) is 0 Å². The number of furan rings is 1. The predicted molar refractivity (Wildman–Crippen MR) is 74.0 cm³/mol. The van der Waals surface area contributed by atoms with Gasteiger partial charge in [0.25, 0.3) is 0 Å². The van der Waals surface area contributed by atoms with Crippen molar-refractivity contribution in [2.45, 2.75) is 31.9 Å². The van der Waals surface area contributed by atoms with Gasteiger partial charge in [-0.05, 0) is 26.0 Å². The summed E-state index contributed by atoms with van der Waals surface area (Å²) in [7, 11) is 0. The molecule has 1 aliphatic rings. The second kappa shape index (κ2) is 6.17. The number of amides is 2. The Labute approximate surface area is 122 Å². The number of urea groups is 1. The summed E-state index contributed by atoms with van der Waals surface area (Å²) in [6.45, 7) is 4.13. The maximum absolute atomic E-state index is 12.0. The van der Waals surface area contributed by atoms with Crippen molar-refractivity contribution < 1.29 is 23.8 Å². The number of carbonyl (C=O) groups excluding carboxylic acids is 1. The van der Waals surface area contributed by atoms with Crippen molar-refractivity contribution in [1.29, 1.82) is 0 Å². The fraction of sp³-hybridized carbons (Fsp3) is 0.571. The number of carbonyl (C=O) groups is 2. The summed E-state index contributed by atoms with van der Waals surface area (Å²) in [5, 5.41) is 11.5. The van der Waals surface area contributed by atoms with Crippen LogP contribution in [0.5, 0.6) is 0 Å². The summed E-state index contributed by atoms with van der Waals surface area (Å²) < 4.78 is 10.5. The van der Waals surface area contributed by atoms with E-state index >= 15 is 0 Å². The smallest absolute Gasteiger partial charge is 0.329 e. The van der Waals surface area contributed by atoms with E-state index in [4.69, 9.17) is 14.3 Å². The molecule has 1 atom stereocenters. The lowest BCUT2D eigenvalue weighted by atomic mass is 9.97. The average molecular weight is 296 g/mol. The maximum atomic E-state index is 12.0. The number of nitrogens with one attached hydrogen (secondary N) is 1. The van der Waals surface area contributed by atoms with Gasteiger partial charge >= 0.3 is 12.0 Å². The summed E-state index contributed by atoms with van der Waals surface area (Å²) in [5.74, 6) is -0.188. The average Bonchev–Trinajstić information content (AvgIpc) is 2.85. The second-order valence-corrected chi connectivity index (χ2v) is 5.62. The zero-order chi connectivity index (χ0) is 15.5. The van der Waals surface area contributed by atoms with Gasteiger partial charge in [-0.15, -0.1) is 0 Å². The number of rotatable bonds is 6. The van der Waals surface area contributed by atoms with Crippen LogP contribution in [0.15, 0.2) is 22.8 Å². The molecule has 1 aliphatic heterocycles. The molecule has 2 amide bonds. The molecule has 0 radical (unpaired) electrons. The highest BCUT2D eigenvalue weighted by molar-refractivity contribution is 5.76. The van der Waals surface area contributed by atoms with Gasteiger partial charge in [0.2, 0.25) is 0 Å². The highest BCUT2D eigenvalue weighted by Crippen LogP contribution is 2.24. The molecule has 1 unspecified atom stereocenters. The molecule has 1 aromatic heterocycles. The molecule has 0 aliphatic carbocycles. The van der Waals surface area contributed by atoms with Gasteiger partial charge in [-0.3, -0.25) is 0 Å². The van der Waals surface area contributed by atoms with Crippen molar-refractivity contribution in [2.75, 3.05) is 19.7 Å². The molecule has 116 valence electrons. The Morgan fingerprint density at radius 2 is 2.29 bits per heavy atom. The second-order valence-electron chi connectivity index (χ2n) is 5.62. The molecule has 7 nitrogen and oxygen atoms in total. The summed E-state index contributed by atoms with van der Waals surface area (Å²) in [5.41, 5.74) is -0.569. The van der Waals surface area contributed by atoms with E-state index in [1.807, 2.05) is 19.1 Å². The molecule has 0 saturated carbocycles. The third kappa shape index (κ3) is 4.22. The van der Waals surface area contributed by atoms with Crippen LogP contribution in [-0.4, -0.2) is 53.3 Å². The minimum absolute atomic E-state index is 0.0459. The third-order valence-electron chi connectivity index (χ3n) is 3.34. The van der Waals surface area contributed by atoms with Gasteiger partial charge in [0.15, 0.2) is 0 Å². The number of aliphatic carboxylic acids is 1. The van der Waals surface area contributed by atoms with Crippen molar-refractivity contribution in [3.63, 3.8) is 0 Å². The van der Waals surface area contributed by atoms with Gasteiger partial charge in [0, 0.05) is 12.5 Å². The van der Waals surface area contributed by atoms with Crippen LogP contribution in [0.25, 0.3) is 0 Å². The lowest BCUT2D eigenvalue weighted by Crippen LogP contribution is -2.65. The van der Waals surface area contributed by atoms with Crippen molar-refractivity contribution in [3.05, 3.63) is 24.2 Å². The first-order valence-corrected chi connectivity index (χ1v) is 6.81. The van der Waals surface area contributed by atoms with Crippen LogP contribution in [0.4, 0.5) is 4.79 Å². The topological polar surface area (TPSA) is 92.0 Å². The van der Waals surface area contributed by atoms with E-state index in [0.717, 1.165) is 5.76 Å². The molecule has 2 N–H and O–H groups in total. The standard InChI is InChI=1S/C14H20N2O5/c1-10(6-11-4-3-5-20-11)15-13(19)16-8-14(2,9-16)21-7-12(17)18/h3-5,10H,6-9H2,1-2H3,(H,15,19)(H,17,18). The van der Waals surface area contributed by atoms with Crippen LogP contribution in [0.1, 0.15) is 19.6 Å². The van der Waals surface area contributed by atoms with E-state index in [2.05, 4.69) is 5.32 Å². The van der Waals surface area contributed by atoms with E-state index in [1.54, 1.807) is 18.1 Å². The molecule has 1 saturated heterocycles. The summed E-state index contributed by atoms with van der Waals surface area (Å²) in [4.78, 5) is 24.1. The molecular weight excluding hydrogens is 276 g/mol. The molecule has 1 aromatic rings. The largest absolute Gasteiger partial charge is 0.480 e. The summed E-state index contributed by atoms with van der Waals surface area (Å²) in [6.07, 6.45) is 2.23. The van der Waals surface area contributed by atoms with Crippen LogP contribution < -0.4 is 5.32 Å². The van der Waals surface area contributed by atoms with Gasteiger partial charge in [-0.1, -0.05) is 0 Å². The zero-order valence-corrected chi connectivity index (χ0v) is 12.2. The first-order chi connectivity index (χ1) is 9.88. The van der Waals surface area contributed by atoms with Crippen LogP contribution in [0.2, 0.25) is 0 Å². The number of hydrogen-bond acceptors (Lipinski definition) is 4. The number of likely N-dealkylation sites (tertiary alicyclic amines) is 1. The quantitative estimate of drug-likeness (QED) is 0.820. The molecule has 0 bridgehead atoms. The lowest BCUT2D eigenvalue weighted by molar-refractivity contribution is -0.159. The monoisotopic (exact) mass is 296 g/mol. The van der Waals surface area contributed by atoms with Crippen molar-refractivity contribution in [2.24, 2.45) is 0 Å². The van der Waals surface area contributed by atoms with Crippen LogP contribution in [0.3, 0.4) is 0 Å². The first kappa shape index (κ1) is 15.4. The van der Waals surface area contributed by atoms with E-state index in [-0.39, 0.29) is 18.7 Å². The minimum atomic E-state index is -1.01. The van der Waals surface area contributed by atoms with Gasteiger partial charge in [-0.25, -0.2) is 9.59 Å². The van der Waals surface area contributed by atoms with Gasteiger partial charge in [0.05, 0.1) is 19.4 Å². The van der Waals surface area contributed by atoms with Gasteiger partial charge < -0.3 is 24.5 Å². The predicted octanol–water partition coefficient (Wildman–Crippen LogP) is 1.10. The first-order valence-electron chi connectivity index (χ1n) is 6.81. The van der Waals surface area contributed by atoms with E-state index in [0.29, 0.717) is 19.5 Å². The maximum Gasteiger partial charge on any atom is 0.329 e. The van der Waals surface area contributed by atoms with Crippen molar-refractivity contribution in [3.8, 4) is 0 Å². The third-order valence-corrected chi connectivity index (χ3v) is 3.34. The summed E-state index contributed by atoms with van der Waals surface area (Å²) in [6, 6.07) is 3.45. The van der Waals surface area contributed by atoms with E-state index in [9.17, 15) is 9.59 Å². The molecule has 7 heteroatoms. The Hall–Kier alpha value is -2.02. The normalized spacial score (nSPS) is 17.9. The molecule has 21 heavy (non-hydrogen) atoms. The molecule has 2 rings (SSSR count). The van der Waals surface area contributed by atoms with Gasteiger partial charge in [0.1, 0.15) is 18.0 Å². The number of carboxylic acids is 1. The molecular formula is C14H20N2O5. The SMILES string of the molecule is CC(Cc1ccco1)NC(=O)N1CC(C)(OCC(=O)O)C1. The zero-order valence-electron chi connectivity index (χ0n) is 12.2. The van der Waals surface area contributed by atoms with Crippen molar-refractivity contribution in [1.82, 2.24) is 10.2 Å². The molecule has 0 spiro atoms. The van der Waals surface area contributed by atoms with Crippen LogP contribution >= 0.6 is 0 Å². The van der Waals surface area contributed by atoms with Crippen molar-refractivity contribution >= 4 is 12.0 Å². The van der Waals surface area contributed by atoms with Crippen LogP contribution in [-0.2, 0) is 16.0 Å². The highest BCUT2D eigenvalue weighted by Gasteiger charge is 2.43. The lowest BCUT2D eigenvalue weighted by Gasteiger charge is -2.47. The summed E-state index contributed by atoms with van der Waals surface area (Å²) >= 11 is 0.